The molecule has 5 nitrogen and oxygen atoms in total. The van der Waals surface area contributed by atoms with Crippen LogP contribution in [0, 0.1) is 18.3 Å². The van der Waals surface area contributed by atoms with Gasteiger partial charge in [-0.25, -0.2) is 4.98 Å². The number of nitrogens with zero attached hydrogens (tertiary/aromatic N) is 2. The second-order valence-electron chi connectivity index (χ2n) is 4.34. The maximum atomic E-state index is 12.3. The van der Waals surface area contributed by atoms with Crippen LogP contribution in [0.3, 0.4) is 0 Å². The molecular formula is C15H13ClN4O. The number of halogens is 1. The number of aromatic nitrogens is 1. The molecule has 1 aromatic carbocycles. The number of hydrogen-bond donors (Lipinski definition) is 2. The summed E-state index contributed by atoms with van der Waals surface area (Å²) in [6.45, 7) is 1.81. The Hall–Kier alpha value is -2.58. The number of amides is 1. The molecule has 0 aliphatic rings. The lowest BCUT2D eigenvalue weighted by molar-refractivity contribution is 0.102. The molecule has 2 aromatic rings. The van der Waals surface area contributed by atoms with E-state index in [0.29, 0.717) is 17.1 Å². The van der Waals surface area contributed by atoms with Crippen LogP contribution in [0.15, 0.2) is 30.3 Å². The van der Waals surface area contributed by atoms with Crippen molar-refractivity contribution in [2.45, 2.75) is 6.92 Å². The van der Waals surface area contributed by atoms with Gasteiger partial charge in [0.05, 0.1) is 16.3 Å². The number of anilines is 2. The summed E-state index contributed by atoms with van der Waals surface area (Å²) in [7, 11) is 1.70. The Morgan fingerprint density at radius 3 is 2.76 bits per heavy atom. The number of carbonyl (C=O) groups is 1. The summed E-state index contributed by atoms with van der Waals surface area (Å²) in [5.74, 6) is 0.0773. The molecule has 6 heteroatoms. The molecule has 0 radical (unpaired) electrons. The molecule has 0 aliphatic heterocycles. The van der Waals surface area contributed by atoms with Gasteiger partial charge in [0.2, 0.25) is 0 Å². The minimum absolute atomic E-state index is 0.105. The van der Waals surface area contributed by atoms with Gasteiger partial charge in [0.25, 0.3) is 5.91 Å². The van der Waals surface area contributed by atoms with Gasteiger partial charge in [-0.15, -0.1) is 0 Å². The van der Waals surface area contributed by atoms with E-state index in [1.807, 2.05) is 0 Å². The fourth-order valence-corrected chi connectivity index (χ4v) is 2.03. The van der Waals surface area contributed by atoms with Crippen molar-refractivity contribution in [1.29, 1.82) is 5.26 Å². The third-order valence-corrected chi connectivity index (χ3v) is 3.26. The van der Waals surface area contributed by atoms with Crippen molar-refractivity contribution < 1.29 is 4.79 Å². The van der Waals surface area contributed by atoms with Crippen LogP contribution < -0.4 is 10.6 Å². The number of hydrogen-bond acceptors (Lipinski definition) is 4. The van der Waals surface area contributed by atoms with Gasteiger partial charge in [-0.05, 0) is 30.7 Å². The van der Waals surface area contributed by atoms with Gasteiger partial charge in [0, 0.05) is 7.05 Å². The van der Waals surface area contributed by atoms with E-state index in [0.717, 1.165) is 5.56 Å². The average molecular weight is 301 g/mol. The summed E-state index contributed by atoms with van der Waals surface area (Å²) < 4.78 is 0. The second kappa shape index (κ2) is 6.25. The van der Waals surface area contributed by atoms with Crippen LogP contribution in [0.5, 0.6) is 0 Å². The molecule has 0 unspecified atom stereocenters. The standard InChI is InChI=1S/C15H13ClN4O/c1-9-4-3-5-12(10(9)8-17)19-15(21)14-11(16)6-7-13(18-2)20-14/h3-7H,1-2H3,(H,18,20)(H,19,21). The predicted octanol–water partition coefficient (Wildman–Crippen LogP) is 3.21. The normalized spacial score (nSPS) is 9.81. The molecule has 106 valence electrons. The van der Waals surface area contributed by atoms with Crippen molar-refractivity contribution in [3.8, 4) is 6.07 Å². The molecule has 2 N–H and O–H groups in total. The monoisotopic (exact) mass is 300 g/mol. The summed E-state index contributed by atoms with van der Waals surface area (Å²) >= 11 is 6.00. The third kappa shape index (κ3) is 3.12. The van der Waals surface area contributed by atoms with E-state index in [9.17, 15) is 4.79 Å². The van der Waals surface area contributed by atoms with E-state index in [4.69, 9.17) is 16.9 Å². The summed E-state index contributed by atoms with van der Waals surface area (Å²) in [5.41, 5.74) is 1.76. The first-order chi connectivity index (χ1) is 10.1. The quantitative estimate of drug-likeness (QED) is 0.912. The highest BCUT2D eigenvalue weighted by Crippen LogP contribution is 2.21. The number of rotatable bonds is 3. The lowest BCUT2D eigenvalue weighted by Crippen LogP contribution is -2.16. The van der Waals surface area contributed by atoms with Crippen molar-refractivity contribution in [1.82, 2.24) is 4.98 Å². The van der Waals surface area contributed by atoms with E-state index >= 15 is 0 Å². The number of nitrogens with one attached hydrogen (secondary N) is 2. The van der Waals surface area contributed by atoms with E-state index < -0.39 is 5.91 Å². The lowest BCUT2D eigenvalue weighted by Gasteiger charge is -2.10. The van der Waals surface area contributed by atoms with E-state index in [2.05, 4.69) is 21.7 Å². The molecule has 0 spiro atoms. The SMILES string of the molecule is CNc1ccc(Cl)c(C(=O)Nc2cccc(C)c2C#N)n1. The molecule has 0 saturated heterocycles. The van der Waals surface area contributed by atoms with Crippen molar-refractivity contribution in [2.24, 2.45) is 0 Å². The third-order valence-electron chi connectivity index (χ3n) is 2.95. The van der Waals surface area contributed by atoms with Crippen LogP contribution in [0.1, 0.15) is 21.6 Å². The molecule has 1 aromatic heterocycles. The number of nitriles is 1. The maximum Gasteiger partial charge on any atom is 0.275 e. The smallest absolute Gasteiger partial charge is 0.275 e. The van der Waals surface area contributed by atoms with Gasteiger partial charge in [-0.2, -0.15) is 5.26 Å². The van der Waals surface area contributed by atoms with Crippen LogP contribution in [-0.2, 0) is 0 Å². The second-order valence-corrected chi connectivity index (χ2v) is 4.75. The topological polar surface area (TPSA) is 77.8 Å². The largest absolute Gasteiger partial charge is 0.373 e. The predicted molar refractivity (Wildman–Crippen MR) is 82.6 cm³/mol. The Balaban J connectivity index is 2.35. The number of benzene rings is 1. The molecular weight excluding hydrogens is 288 g/mol. The van der Waals surface area contributed by atoms with Gasteiger partial charge in [0.1, 0.15) is 17.6 Å². The Labute approximate surface area is 127 Å². The van der Waals surface area contributed by atoms with E-state index in [-0.39, 0.29) is 10.7 Å². The van der Waals surface area contributed by atoms with E-state index in [1.165, 1.54) is 0 Å². The summed E-state index contributed by atoms with van der Waals surface area (Å²) in [6.07, 6.45) is 0. The number of carbonyl (C=O) groups excluding carboxylic acids is 1. The molecule has 0 saturated carbocycles. The van der Waals surface area contributed by atoms with Crippen LogP contribution in [0.4, 0.5) is 11.5 Å². The van der Waals surface area contributed by atoms with Crippen molar-refractivity contribution in [3.05, 3.63) is 52.2 Å². The molecule has 21 heavy (non-hydrogen) atoms. The van der Waals surface area contributed by atoms with Crippen molar-refractivity contribution in [3.63, 3.8) is 0 Å². The van der Waals surface area contributed by atoms with Crippen molar-refractivity contribution >= 4 is 29.0 Å². The van der Waals surface area contributed by atoms with Crippen LogP contribution in [0.25, 0.3) is 0 Å². The van der Waals surface area contributed by atoms with Crippen molar-refractivity contribution in [2.75, 3.05) is 17.7 Å². The van der Waals surface area contributed by atoms with Crippen LogP contribution in [-0.4, -0.2) is 17.9 Å². The molecule has 0 fully saturated rings. The molecule has 0 atom stereocenters. The fraction of sp³-hybridized carbons (Fsp3) is 0.133. The molecule has 2 rings (SSSR count). The minimum Gasteiger partial charge on any atom is -0.373 e. The fourth-order valence-electron chi connectivity index (χ4n) is 1.84. The summed E-state index contributed by atoms with van der Waals surface area (Å²) in [4.78, 5) is 16.4. The molecule has 1 amide bonds. The molecule has 1 heterocycles. The molecule has 0 aliphatic carbocycles. The van der Waals surface area contributed by atoms with Gasteiger partial charge in [-0.1, -0.05) is 23.7 Å². The highest BCUT2D eigenvalue weighted by atomic mass is 35.5. The van der Waals surface area contributed by atoms with Crippen LogP contribution in [0.2, 0.25) is 5.02 Å². The highest BCUT2D eigenvalue weighted by molar-refractivity contribution is 6.34. The first-order valence-corrected chi connectivity index (χ1v) is 6.60. The lowest BCUT2D eigenvalue weighted by atomic mass is 10.1. The average Bonchev–Trinajstić information content (AvgIpc) is 2.48. The zero-order valence-electron chi connectivity index (χ0n) is 11.6. The first kappa shape index (κ1) is 14.8. The first-order valence-electron chi connectivity index (χ1n) is 6.22. The van der Waals surface area contributed by atoms with Crippen LogP contribution >= 0.6 is 11.6 Å². The van der Waals surface area contributed by atoms with Gasteiger partial charge in [-0.3, -0.25) is 4.79 Å². The van der Waals surface area contributed by atoms with Gasteiger partial charge >= 0.3 is 0 Å². The van der Waals surface area contributed by atoms with Gasteiger partial charge < -0.3 is 10.6 Å². The highest BCUT2D eigenvalue weighted by Gasteiger charge is 2.15. The molecule has 0 bridgehead atoms. The summed E-state index contributed by atoms with van der Waals surface area (Å²) in [5, 5.41) is 14.9. The Morgan fingerprint density at radius 2 is 2.10 bits per heavy atom. The Bertz CT molecular complexity index is 737. The Kier molecular flexibility index (Phi) is 4.41. The van der Waals surface area contributed by atoms with E-state index in [1.54, 1.807) is 44.3 Å². The number of pyridine rings is 1. The Morgan fingerprint density at radius 1 is 1.33 bits per heavy atom. The summed E-state index contributed by atoms with van der Waals surface area (Å²) in [6, 6.07) is 10.6. The van der Waals surface area contributed by atoms with Gasteiger partial charge in [0.15, 0.2) is 0 Å². The minimum atomic E-state index is -0.459. The zero-order chi connectivity index (χ0) is 15.4. The maximum absolute atomic E-state index is 12.3. The number of aryl methyl sites for hydroxylation is 1. The zero-order valence-corrected chi connectivity index (χ0v) is 12.3.